The summed E-state index contributed by atoms with van der Waals surface area (Å²) in [6, 6.07) is 3.11. The molecule has 186 valence electrons. The lowest BCUT2D eigenvalue weighted by Gasteiger charge is -2.29. The Morgan fingerprint density at radius 2 is 2.00 bits per heavy atom. The predicted octanol–water partition coefficient (Wildman–Crippen LogP) is 2.98. The van der Waals surface area contributed by atoms with Crippen LogP contribution in [0, 0.1) is 0 Å². The molecular weight excluding hydrogens is 450 g/mol. The Hall–Kier alpha value is -3.44. The van der Waals surface area contributed by atoms with Gasteiger partial charge in [0.25, 0.3) is 5.56 Å². The molecule has 2 aliphatic rings. The van der Waals surface area contributed by atoms with Crippen LogP contribution in [0.1, 0.15) is 44.2 Å². The van der Waals surface area contributed by atoms with Crippen molar-refractivity contribution in [1.29, 1.82) is 0 Å². The van der Waals surface area contributed by atoms with Crippen molar-refractivity contribution in [1.82, 2.24) is 24.4 Å². The zero-order valence-electron chi connectivity index (χ0n) is 20.2. The summed E-state index contributed by atoms with van der Waals surface area (Å²) < 4.78 is 14.6. The van der Waals surface area contributed by atoms with Crippen molar-refractivity contribution in [3.63, 3.8) is 0 Å². The molecule has 1 saturated carbocycles. The molecule has 5 rings (SSSR count). The number of rotatable bonds is 3. The van der Waals surface area contributed by atoms with Gasteiger partial charge in [-0.25, -0.2) is 19.3 Å². The summed E-state index contributed by atoms with van der Waals surface area (Å²) >= 11 is 0. The van der Waals surface area contributed by atoms with Gasteiger partial charge in [-0.05, 0) is 44.2 Å². The molecule has 3 N–H and O–H groups in total. The molecule has 3 aromatic rings. The summed E-state index contributed by atoms with van der Waals surface area (Å²) in [6.07, 6.45) is 7.17. The maximum absolute atomic E-state index is 13.6. The van der Waals surface area contributed by atoms with Gasteiger partial charge in [0.1, 0.15) is 23.3 Å². The third-order valence-corrected chi connectivity index (χ3v) is 6.73. The number of hydrogen-bond acceptors (Lipinski definition) is 8. The van der Waals surface area contributed by atoms with E-state index in [2.05, 4.69) is 25.9 Å². The highest BCUT2D eigenvalue weighted by Gasteiger charge is 2.25. The normalized spacial score (nSPS) is 22.9. The second-order valence-electron chi connectivity index (χ2n) is 9.22. The van der Waals surface area contributed by atoms with Gasteiger partial charge in [0.05, 0.1) is 31.0 Å². The first-order chi connectivity index (χ1) is 17.0. The van der Waals surface area contributed by atoms with Gasteiger partial charge in [-0.1, -0.05) is 0 Å². The lowest BCUT2D eigenvalue weighted by molar-refractivity contribution is 0.0578. The standard InChI is InChI=1S/C24H31N7O4/c1-14-11-35-12-15-8-19(23(32)30(10-15)16-4-6-17(34-3)7-5-16)28-20-9-18(25-2)21-22(29-20)31(13-26-21)24(33)27-14/h8-10,13-14,16-17H,4-7,11-12H2,1-3H3,(H,27,33)(H2,25,28,29)/t14-,16?,17?/m1/s1. The monoisotopic (exact) mass is 481 g/mol. The van der Waals surface area contributed by atoms with Gasteiger partial charge in [0.15, 0.2) is 5.65 Å². The molecule has 1 aliphatic carbocycles. The van der Waals surface area contributed by atoms with E-state index in [0.717, 1.165) is 31.2 Å². The quantitative estimate of drug-likeness (QED) is 0.522. The van der Waals surface area contributed by atoms with Crippen LogP contribution < -0.4 is 21.5 Å². The minimum Gasteiger partial charge on any atom is -0.386 e. The van der Waals surface area contributed by atoms with E-state index in [4.69, 9.17) is 9.47 Å². The zero-order valence-corrected chi connectivity index (χ0v) is 20.2. The summed E-state index contributed by atoms with van der Waals surface area (Å²) in [6.45, 7) is 2.51. The second kappa shape index (κ2) is 9.67. The van der Waals surface area contributed by atoms with Gasteiger partial charge in [-0.2, -0.15) is 0 Å². The summed E-state index contributed by atoms with van der Waals surface area (Å²) in [7, 11) is 3.52. The maximum Gasteiger partial charge on any atom is 0.328 e. The molecule has 11 nitrogen and oxygen atoms in total. The number of nitrogens with one attached hydrogen (secondary N) is 3. The lowest BCUT2D eigenvalue weighted by atomic mass is 9.92. The molecule has 0 aromatic carbocycles. The van der Waals surface area contributed by atoms with Crippen molar-refractivity contribution in [3.8, 4) is 0 Å². The van der Waals surface area contributed by atoms with Crippen LogP contribution in [0.3, 0.4) is 0 Å². The van der Waals surface area contributed by atoms with Crippen LogP contribution in [-0.2, 0) is 16.1 Å². The number of anilines is 3. The average Bonchev–Trinajstić information content (AvgIpc) is 3.29. The van der Waals surface area contributed by atoms with E-state index in [9.17, 15) is 9.59 Å². The molecule has 0 radical (unpaired) electrons. The summed E-state index contributed by atoms with van der Waals surface area (Å²) in [5.74, 6) is 0.436. The predicted molar refractivity (Wildman–Crippen MR) is 132 cm³/mol. The average molecular weight is 482 g/mol. The Kier molecular flexibility index (Phi) is 6.44. The van der Waals surface area contributed by atoms with E-state index in [1.54, 1.807) is 20.2 Å². The molecule has 0 spiro atoms. The Morgan fingerprint density at radius 1 is 1.20 bits per heavy atom. The largest absolute Gasteiger partial charge is 0.386 e. The maximum atomic E-state index is 13.6. The van der Waals surface area contributed by atoms with Gasteiger partial charge < -0.3 is 30.0 Å². The number of nitrogens with zero attached hydrogens (tertiary/aromatic N) is 4. The fraction of sp³-hybridized carbons (Fsp3) is 0.500. The van der Waals surface area contributed by atoms with Crippen molar-refractivity contribution in [3.05, 3.63) is 40.6 Å². The number of fused-ring (bicyclic) bond motifs is 3. The summed E-state index contributed by atoms with van der Waals surface area (Å²) in [5.41, 5.74) is 2.81. The van der Waals surface area contributed by atoms with Crippen LogP contribution >= 0.6 is 0 Å². The minimum absolute atomic E-state index is 0.0937. The van der Waals surface area contributed by atoms with Crippen molar-refractivity contribution in [2.24, 2.45) is 0 Å². The molecule has 4 bridgehead atoms. The van der Waals surface area contributed by atoms with E-state index in [0.29, 0.717) is 41.6 Å². The van der Waals surface area contributed by atoms with E-state index in [1.807, 2.05) is 23.8 Å². The number of carbonyl (C=O) groups is 1. The smallest absolute Gasteiger partial charge is 0.328 e. The lowest BCUT2D eigenvalue weighted by Crippen LogP contribution is -2.38. The van der Waals surface area contributed by atoms with Crippen LogP contribution in [-0.4, -0.2) is 58.0 Å². The van der Waals surface area contributed by atoms with Crippen LogP contribution in [0.2, 0.25) is 0 Å². The Balaban J connectivity index is 1.60. The highest BCUT2D eigenvalue weighted by molar-refractivity contribution is 5.94. The first kappa shape index (κ1) is 23.3. The first-order valence-corrected chi connectivity index (χ1v) is 12.0. The van der Waals surface area contributed by atoms with Crippen LogP contribution in [0.5, 0.6) is 0 Å². The third kappa shape index (κ3) is 4.61. The van der Waals surface area contributed by atoms with Gasteiger partial charge in [-0.3, -0.25) is 4.79 Å². The number of hydrogen-bond donors (Lipinski definition) is 3. The van der Waals surface area contributed by atoms with Gasteiger partial charge >= 0.3 is 6.03 Å². The topological polar surface area (TPSA) is 124 Å². The van der Waals surface area contributed by atoms with Crippen molar-refractivity contribution in [2.75, 3.05) is 31.4 Å². The number of ether oxygens (including phenoxy) is 2. The van der Waals surface area contributed by atoms with Gasteiger partial charge in [0, 0.05) is 32.5 Å². The van der Waals surface area contributed by atoms with Crippen LogP contribution in [0.25, 0.3) is 11.2 Å². The number of pyridine rings is 2. The van der Waals surface area contributed by atoms with E-state index in [-0.39, 0.29) is 29.8 Å². The third-order valence-electron chi connectivity index (χ3n) is 6.73. The number of carbonyl (C=O) groups excluding carboxylic acids is 1. The Bertz CT molecular complexity index is 1290. The first-order valence-electron chi connectivity index (χ1n) is 12.0. The van der Waals surface area contributed by atoms with E-state index >= 15 is 0 Å². The highest BCUT2D eigenvalue weighted by atomic mass is 16.5. The van der Waals surface area contributed by atoms with Gasteiger partial charge in [0.2, 0.25) is 0 Å². The fourth-order valence-electron chi connectivity index (χ4n) is 4.87. The Labute approximate surface area is 202 Å². The second-order valence-corrected chi connectivity index (χ2v) is 9.22. The molecule has 4 heterocycles. The summed E-state index contributed by atoms with van der Waals surface area (Å²) in [5, 5.41) is 9.23. The number of aromatic nitrogens is 4. The van der Waals surface area contributed by atoms with E-state index < -0.39 is 0 Å². The number of imidazole rings is 1. The minimum atomic E-state index is -0.347. The molecule has 1 fully saturated rings. The number of amides is 1. The molecule has 1 atom stereocenters. The molecule has 11 heteroatoms. The van der Waals surface area contributed by atoms with Crippen molar-refractivity contribution < 1.29 is 14.3 Å². The molecule has 1 amide bonds. The van der Waals surface area contributed by atoms with E-state index in [1.165, 1.54) is 10.9 Å². The summed E-state index contributed by atoms with van der Waals surface area (Å²) in [4.78, 5) is 35.4. The molecule has 35 heavy (non-hydrogen) atoms. The SMILES string of the molecule is CNc1cc2nc3c1ncn3C(=O)N[C@H](C)COCc1cc(c(=O)n(C3CCC(OC)CC3)c1)N2. The molecule has 0 saturated heterocycles. The molecular formula is C24H31N7O4. The highest BCUT2D eigenvalue weighted by Crippen LogP contribution is 2.30. The zero-order chi connectivity index (χ0) is 24.5. The Morgan fingerprint density at radius 3 is 2.74 bits per heavy atom. The van der Waals surface area contributed by atoms with Crippen LogP contribution in [0.4, 0.5) is 22.0 Å². The molecule has 0 unspecified atom stereocenters. The van der Waals surface area contributed by atoms with Gasteiger partial charge in [-0.15, -0.1) is 0 Å². The van der Waals surface area contributed by atoms with Crippen molar-refractivity contribution in [2.45, 2.75) is 57.4 Å². The van der Waals surface area contributed by atoms with Crippen molar-refractivity contribution >= 4 is 34.4 Å². The molecule has 3 aromatic heterocycles. The fourth-order valence-corrected chi connectivity index (χ4v) is 4.87. The molecule has 1 aliphatic heterocycles. The van der Waals surface area contributed by atoms with Crippen LogP contribution in [0.15, 0.2) is 29.5 Å². The number of methoxy groups -OCH3 is 1.